The van der Waals surface area contributed by atoms with Gasteiger partial charge in [0, 0.05) is 18.7 Å². The number of urea groups is 1. The summed E-state index contributed by atoms with van der Waals surface area (Å²) in [5.74, 6) is -3.84. The van der Waals surface area contributed by atoms with Crippen LogP contribution in [0.5, 0.6) is 5.75 Å². The van der Waals surface area contributed by atoms with Crippen LogP contribution in [0, 0.1) is 11.6 Å². The molecule has 1 fully saturated rings. The molecule has 1 heterocycles. The first-order valence-corrected chi connectivity index (χ1v) is 9.89. The summed E-state index contributed by atoms with van der Waals surface area (Å²) in [4.78, 5) is 51.8. The molecule has 0 aliphatic carbocycles. The van der Waals surface area contributed by atoms with E-state index in [1.165, 1.54) is 25.0 Å². The molecule has 174 valence electrons. The number of nitrogens with one attached hydrogen (secondary N) is 1. The number of halogens is 2. The number of hydrogen-bond donors (Lipinski definition) is 2. The van der Waals surface area contributed by atoms with Crippen LogP contribution in [0.25, 0.3) is 0 Å². The van der Waals surface area contributed by atoms with Crippen LogP contribution >= 0.6 is 0 Å². The summed E-state index contributed by atoms with van der Waals surface area (Å²) >= 11 is 0. The highest BCUT2D eigenvalue weighted by Crippen LogP contribution is 2.30. The Labute approximate surface area is 188 Å². The molecule has 5 amide bonds. The lowest BCUT2D eigenvalue weighted by atomic mass is 9.92. The Morgan fingerprint density at radius 2 is 1.79 bits per heavy atom. The topological polar surface area (TPSA) is 122 Å². The Morgan fingerprint density at radius 3 is 2.36 bits per heavy atom. The van der Waals surface area contributed by atoms with E-state index in [0.717, 1.165) is 12.1 Å². The monoisotopic (exact) mass is 460 g/mol. The molecule has 33 heavy (non-hydrogen) atoms. The number of nitrogens with two attached hydrogens (primary N) is 1. The molecule has 3 rings (SSSR count). The molecule has 1 atom stereocenters. The minimum absolute atomic E-state index is 0.0236. The van der Waals surface area contributed by atoms with Gasteiger partial charge in [-0.2, -0.15) is 0 Å². The normalized spacial score (nSPS) is 17.6. The van der Waals surface area contributed by atoms with E-state index in [0.29, 0.717) is 16.3 Å². The van der Waals surface area contributed by atoms with Gasteiger partial charge in [-0.25, -0.2) is 13.6 Å². The van der Waals surface area contributed by atoms with Gasteiger partial charge in [0.25, 0.3) is 5.91 Å². The van der Waals surface area contributed by atoms with Crippen molar-refractivity contribution in [2.24, 2.45) is 5.73 Å². The van der Waals surface area contributed by atoms with E-state index in [2.05, 4.69) is 5.32 Å². The first kappa shape index (κ1) is 23.6. The van der Waals surface area contributed by atoms with Gasteiger partial charge in [-0.3, -0.25) is 19.3 Å². The van der Waals surface area contributed by atoms with Crippen LogP contribution in [0.15, 0.2) is 42.5 Å². The second-order valence-electron chi connectivity index (χ2n) is 7.54. The van der Waals surface area contributed by atoms with Crippen molar-refractivity contribution in [2.75, 3.05) is 25.1 Å². The molecule has 0 bridgehead atoms. The van der Waals surface area contributed by atoms with E-state index in [1.54, 1.807) is 24.3 Å². The smallest absolute Gasteiger partial charge is 0.325 e. The van der Waals surface area contributed by atoms with Gasteiger partial charge in [0.2, 0.25) is 11.8 Å². The summed E-state index contributed by atoms with van der Waals surface area (Å²) < 4.78 is 32.1. The van der Waals surface area contributed by atoms with E-state index in [9.17, 15) is 28.0 Å². The third kappa shape index (κ3) is 4.76. The number of rotatable bonds is 8. The Kier molecular flexibility index (Phi) is 6.61. The number of carbonyl (C=O) groups is 4. The maximum atomic E-state index is 13.7. The minimum atomic E-state index is -1.69. The number of benzene rings is 2. The Bertz CT molecular complexity index is 1110. The van der Waals surface area contributed by atoms with E-state index in [1.807, 2.05) is 0 Å². The van der Waals surface area contributed by atoms with Crippen LogP contribution in [0.2, 0.25) is 0 Å². The Morgan fingerprint density at radius 1 is 1.12 bits per heavy atom. The van der Waals surface area contributed by atoms with Crippen molar-refractivity contribution in [3.05, 3.63) is 59.7 Å². The molecule has 1 saturated heterocycles. The molecule has 0 spiro atoms. The maximum absolute atomic E-state index is 13.7. The van der Waals surface area contributed by atoms with Gasteiger partial charge in [-0.15, -0.1) is 0 Å². The van der Waals surface area contributed by atoms with Crippen LogP contribution in [0.1, 0.15) is 18.9 Å². The molecule has 2 aromatic carbocycles. The summed E-state index contributed by atoms with van der Waals surface area (Å²) in [5.41, 5.74) is 3.95. The number of imide groups is 1. The molecule has 0 saturated carbocycles. The first-order chi connectivity index (χ1) is 15.6. The van der Waals surface area contributed by atoms with Gasteiger partial charge >= 0.3 is 6.03 Å². The summed E-state index contributed by atoms with van der Waals surface area (Å²) in [6.45, 7) is 0.609. The fraction of sp³-hybridized carbons (Fsp3) is 0.273. The third-order valence-electron chi connectivity index (χ3n) is 5.33. The van der Waals surface area contributed by atoms with E-state index in [4.69, 9.17) is 10.5 Å². The molecule has 1 aliphatic heterocycles. The largest absolute Gasteiger partial charge is 0.497 e. The fourth-order valence-electron chi connectivity index (χ4n) is 3.45. The van der Waals surface area contributed by atoms with Crippen LogP contribution in [-0.2, 0) is 19.9 Å². The van der Waals surface area contributed by atoms with Crippen LogP contribution in [0.4, 0.5) is 19.3 Å². The van der Waals surface area contributed by atoms with Gasteiger partial charge in [-0.1, -0.05) is 6.07 Å². The quantitative estimate of drug-likeness (QED) is 0.580. The van der Waals surface area contributed by atoms with E-state index in [-0.39, 0.29) is 18.5 Å². The number of anilines is 1. The van der Waals surface area contributed by atoms with Crippen molar-refractivity contribution < 1.29 is 32.7 Å². The van der Waals surface area contributed by atoms with Crippen molar-refractivity contribution >= 4 is 29.4 Å². The highest BCUT2D eigenvalue weighted by Gasteiger charge is 2.50. The zero-order valence-electron chi connectivity index (χ0n) is 17.9. The molecule has 11 heteroatoms. The van der Waals surface area contributed by atoms with Gasteiger partial charge < -0.3 is 20.7 Å². The van der Waals surface area contributed by atoms with E-state index >= 15 is 0 Å². The molecule has 0 unspecified atom stereocenters. The molecule has 3 N–H and O–H groups in total. The van der Waals surface area contributed by atoms with Crippen molar-refractivity contribution in [1.82, 2.24) is 10.2 Å². The molecule has 1 aliphatic rings. The second kappa shape index (κ2) is 9.23. The predicted octanol–water partition coefficient (Wildman–Crippen LogP) is 1.65. The third-order valence-corrected chi connectivity index (χ3v) is 5.33. The number of ether oxygens (including phenoxy) is 1. The summed E-state index contributed by atoms with van der Waals surface area (Å²) in [5, 5.41) is 2.43. The molecule has 0 radical (unpaired) electrons. The molecule has 9 nitrogen and oxygen atoms in total. The number of methoxy groups -OCH3 is 1. The zero-order chi connectivity index (χ0) is 24.3. The van der Waals surface area contributed by atoms with Gasteiger partial charge in [0.15, 0.2) is 11.6 Å². The molecule has 2 aromatic rings. The van der Waals surface area contributed by atoms with Crippen molar-refractivity contribution in [1.29, 1.82) is 0 Å². The zero-order valence-corrected chi connectivity index (χ0v) is 17.9. The molecular weight excluding hydrogens is 438 g/mol. The van der Waals surface area contributed by atoms with Crippen molar-refractivity contribution in [3.8, 4) is 5.75 Å². The lowest BCUT2D eigenvalue weighted by molar-refractivity contribution is -0.134. The average molecular weight is 460 g/mol. The fourth-order valence-corrected chi connectivity index (χ4v) is 3.45. The summed E-state index contributed by atoms with van der Waals surface area (Å²) in [6.07, 6.45) is -0.148. The highest BCUT2D eigenvalue weighted by molar-refractivity contribution is 6.10. The molecule has 0 aromatic heterocycles. The highest BCUT2D eigenvalue weighted by atomic mass is 19.2. The van der Waals surface area contributed by atoms with Crippen LogP contribution in [0.3, 0.4) is 0 Å². The van der Waals surface area contributed by atoms with Gasteiger partial charge in [0.1, 0.15) is 17.8 Å². The Hall–Kier alpha value is -4.02. The number of nitrogens with zero attached hydrogens (tertiary/aromatic N) is 2. The summed E-state index contributed by atoms with van der Waals surface area (Å²) in [7, 11) is 1.48. The van der Waals surface area contributed by atoms with Crippen LogP contribution in [-0.4, -0.2) is 48.9 Å². The lowest BCUT2D eigenvalue weighted by Gasteiger charge is -2.25. The van der Waals surface area contributed by atoms with Crippen molar-refractivity contribution in [3.63, 3.8) is 0 Å². The number of hydrogen-bond acceptors (Lipinski definition) is 5. The number of amides is 5. The van der Waals surface area contributed by atoms with E-state index < -0.39 is 47.5 Å². The molecular formula is C22H22F2N4O5. The average Bonchev–Trinajstić information content (AvgIpc) is 2.99. The Balaban J connectivity index is 1.84. The van der Waals surface area contributed by atoms with Gasteiger partial charge in [0.05, 0.1) is 7.11 Å². The van der Waals surface area contributed by atoms with Crippen molar-refractivity contribution in [2.45, 2.75) is 18.9 Å². The maximum Gasteiger partial charge on any atom is 0.325 e. The predicted molar refractivity (Wildman–Crippen MR) is 113 cm³/mol. The van der Waals surface area contributed by atoms with Crippen LogP contribution < -0.4 is 20.7 Å². The number of carbonyl (C=O) groups excluding carboxylic acids is 4. The lowest BCUT2D eigenvalue weighted by Crippen LogP contribution is -2.45. The first-order valence-electron chi connectivity index (χ1n) is 9.89. The second-order valence-corrected chi connectivity index (χ2v) is 7.54. The van der Waals surface area contributed by atoms with Gasteiger partial charge in [-0.05, 0) is 48.9 Å². The number of primary amides is 1. The summed E-state index contributed by atoms with van der Waals surface area (Å²) in [6, 6.07) is 8.34. The minimum Gasteiger partial charge on any atom is -0.497 e. The standard InChI is InChI=1S/C22H22F2N4O5/c1-22(13-3-8-16(23)17(24)11-13)20(31)28(21(32)26-22)12-19(30)27(10-9-18(25)29)14-4-6-15(33-2)7-5-14/h3-8,11H,9-10,12H2,1-2H3,(H2,25,29)(H,26,32)/t22-/m0/s1. The SMILES string of the molecule is COc1ccc(N(CCC(N)=O)C(=O)CN2C(=O)N[C@@](C)(c3ccc(F)c(F)c3)C2=O)cc1.